The van der Waals surface area contributed by atoms with Crippen molar-refractivity contribution in [2.75, 3.05) is 13.1 Å². The maximum atomic E-state index is 10.8. The van der Waals surface area contributed by atoms with Crippen LogP contribution in [0.15, 0.2) is 0 Å². The largest absolute Gasteiger partial charge is 0.392 e. The van der Waals surface area contributed by atoms with Gasteiger partial charge in [-0.25, -0.2) is 0 Å². The van der Waals surface area contributed by atoms with Crippen molar-refractivity contribution in [3.8, 4) is 0 Å². The first-order chi connectivity index (χ1) is 6.99. The summed E-state index contributed by atoms with van der Waals surface area (Å²) in [6.07, 6.45) is -1.14. The van der Waals surface area contributed by atoms with Gasteiger partial charge >= 0.3 is 11.9 Å². The van der Waals surface area contributed by atoms with Crippen LogP contribution < -0.4 is 11.5 Å². The zero-order chi connectivity index (χ0) is 11.8. The number of rotatable bonds is 6. The molecule has 0 amide bonds. The zero-order valence-electron chi connectivity index (χ0n) is 8.02. The van der Waals surface area contributed by atoms with Crippen LogP contribution in [0.1, 0.15) is 12.8 Å². The number of esters is 2. The number of carbonyl (C=O) groups is 4. The zero-order valence-corrected chi connectivity index (χ0v) is 8.02. The van der Waals surface area contributed by atoms with Crippen LogP contribution in [0.5, 0.6) is 0 Å². The maximum Gasteiger partial charge on any atom is 0.321 e. The van der Waals surface area contributed by atoms with Crippen molar-refractivity contribution in [2.45, 2.75) is 12.8 Å². The monoisotopic (exact) mass is 216 g/mol. The SMILES string of the molecule is NCC(=O)CC(=O)OC(=O)CC(=O)CN. The highest BCUT2D eigenvalue weighted by Crippen LogP contribution is 1.93. The normalized spacial score (nSPS) is 9.47. The van der Waals surface area contributed by atoms with Crippen LogP contribution in [0.25, 0.3) is 0 Å². The minimum atomic E-state index is -1.01. The van der Waals surface area contributed by atoms with Gasteiger partial charge in [-0.3, -0.25) is 19.2 Å². The molecule has 0 saturated carbocycles. The fraction of sp³-hybridized carbons (Fsp3) is 0.500. The highest BCUT2D eigenvalue weighted by molar-refractivity contribution is 6.03. The molecule has 0 fully saturated rings. The lowest BCUT2D eigenvalue weighted by Gasteiger charge is -2.00. The second kappa shape index (κ2) is 6.80. The van der Waals surface area contributed by atoms with E-state index in [0.29, 0.717) is 0 Å². The Labute approximate surface area is 85.7 Å². The Balaban J connectivity index is 3.92. The van der Waals surface area contributed by atoms with E-state index in [2.05, 4.69) is 4.74 Å². The lowest BCUT2D eigenvalue weighted by atomic mass is 10.3. The molecule has 7 nitrogen and oxygen atoms in total. The highest BCUT2D eigenvalue weighted by atomic mass is 16.6. The molecule has 0 aromatic rings. The first-order valence-electron chi connectivity index (χ1n) is 4.16. The van der Waals surface area contributed by atoms with Crippen LogP contribution in [0, 0.1) is 0 Å². The lowest BCUT2D eigenvalue weighted by molar-refractivity contribution is -0.160. The molecular formula is C8H12N2O5. The molecule has 0 bridgehead atoms. The highest BCUT2D eigenvalue weighted by Gasteiger charge is 2.16. The third-order valence-electron chi connectivity index (χ3n) is 1.37. The molecule has 0 aromatic carbocycles. The molecule has 0 rings (SSSR count). The molecule has 0 atom stereocenters. The smallest absolute Gasteiger partial charge is 0.321 e. The molecule has 0 unspecified atom stereocenters. The summed E-state index contributed by atoms with van der Waals surface area (Å²) in [5.41, 5.74) is 9.88. The van der Waals surface area contributed by atoms with Gasteiger partial charge in [0.15, 0.2) is 11.6 Å². The van der Waals surface area contributed by atoms with Gasteiger partial charge in [-0.05, 0) is 0 Å². The van der Waals surface area contributed by atoms with Gasteiger partial charge in [-0.2, -0.15) is 0 Å². The fourth-order valence-corrected chi connectivity index (χ4v) is 0.665. The quantitative estimate of drug-likeness (QED) is 0.384. The molecule has 0 saturated heterocycles. The molecule has 15 heavy (non-hydrogen) atoms. The first-order valence-corrected chi connectivity index (χ1v) is 4.16. The van der Waals surface area contributed by atoms with Gasteiger partial charge in [0.25, 0.3) is 0 Å². The summed E-state index contributed by atoms with van der Waals surface area (Å²) < 4.78 is 4.16. The predicted molar refractivity (Wildman–Crippen MR) is 48.5 cm³/mol. The molecule has 0 spiro atoms. The standard InChI is InChI=1S/C8H12N2O5/c9-3-5(11)1-7(13)15-8(14)2-6(12)4-10/h1-4,9-10H2. The minimum absolute atomic E-state index is 0.301. The summed E-state index contributed by atoms with van der Waals surface area (Å²) in [7, 11) is 0. The van der Waals surface area contributed by atoms with Crippen LogP contribution in [-0.2, 0) is 23.9 Å². The van der Waals surface area contributed by atoms with Crippen molar-refractivity contribution < 1.29 is 23.9 Å². The Bertz CT molecular complexity index is 259. The van der Waals surface area contributed by atoms with Gasteiger partial charge in [-0.15, -0.1) is 0 Å². The van der Waals surface area contributed by atoms with Gasteiger partial charge in [-0.1, -0.05) is 0 Å². The van der Waals surface area contributed by atoms with Crippen molar-refractivity contribution in [2.24, 2.45) is 11.5 Å². The molecular weight excluding hydrogens is 204 g/mol. The number of Topliss-reactive ketones (excluding diaryl/α,β-unsaturated/α-hetero) is 2. The third kappa shape index (κ3) is 6.47. The Kier molecular flexibility index (Phi) is 6.07. The molecule has 0 aliphatic carbocycles. The summed E-state index contributed by atoms with van der Waals surface area (Å²) in [6.45, 7) is -0.601. The summed E-state index contributed by atoms with van der Waals surface area (Å²) in [6, 6.07) is 0. The summed E-state index contributed by atoms with van der Waals surface area (Å²) in [5.74, 6) is -3.11. The van der Waals surface area contributed by atoms with Gasteiger partial charge < -0.3 is 16.2 Å². The molecule has 0 heterocycles. The van der Waals surface area contributed by atoms with E-state index in [1.54, 1.807) is 0 Å². The topological polar surface area (TPSA) is 130 Å². The van der Waals surface area contributed by atoms with E-state index in [0.717, 1.165) is 0 Å². The van der Waals surface area contributed by atoms with Gasteiger partial charge in [0.05, 0.1) is 13.1 Å². The fourth-order valence-electron chi connectivity index (χ4n) is 0.665. The third-order valence-corrected chi connectivity index (χ3v) is 1.37. The van der Waals surface area contributed by atoms with Crippen LogP contribution in [0.2, 0.25) is 0 Å². The lowest BCUT2D eigenvalue weighted by Crippen LogP contribution is -2.23. The van der Waals surface area contributed by atoms with E-state index >= 15 is 0 Å². The Hall–Kier alpha value is -1.60. The maximum absolute atomic E-state index is 10.8. The Morgan fingerprint density at radius 3 is 1.40 bits per heavy atom. The number of ketones is 2. The number of carbonyl (C=O) groups excluding carboxylic acids is 4. The molecule has 0 aromatic heterocycles. The Morgan fingerprint density at radius 1 is 0.800 bits per heavy atom. The van der Waals surface area contributed by atoms with Crippen molar-refractivity contribution in [1.82, 2.24) is 0 Å². The summed E-state index contributed by atoms with van der Waals surface area (Å²) in [5, 5.41) is 0. The second-order valence-electron chi connectivity index (χ2n) is 2.69. The second-order valence-corrected chi connectivity index (χ2v) is 2.69. The summed E-state index contributed by atoms with van der Waals surface area (Å²) >= 11 is 0. The average molecular weight is 216 g/mol. The number of hydrogen-bond donors (Lipinski definition) is 2. The number of hydrogen-bond acceptors (Lipinski definition) is 7. The van der Waals surface area contributed by atoms with Crippen molar-refractivity contribution >= 4 is 23.5 Å². The molecule has 0 radical (unpaired) electrons. The summed E-state index contributed by atoms with van der Waals surface area (Å²) in [4.78, 5) is 43.0. The Morgan fingerprint density at radius 2 is 1.13 bits per heavy atom. The number of ether oxygens (including phenoxy) is 1. The van der Waals surface area contributed by atoms with Gasteiger partial charge in [0.1, 0.15) is 12.8 Å². The van der Waals surface area contributed by atoms with E-state index in [1.165, 1.54) is 0 Å². The molecule has 7 heteroatoms. The van der Waals surface area contributed by atoms with E-state index in [-0.39, 0.29) is 13.1 Å². The van der Waals surface area contributed by atoms with Crippen LogP contribution >= 0.6 is 0 Å². The van der Waals surface area contributed by atoms with Crippen LogP contribution in [0.4, 0.5) is 0 Å². The van der Waals surface area contributed by atoms with E-state index in [4.69, 9.17) is 11.5 Å². The van der Waals surface area contributed by atoms with Gasteiger partial charge in [0, 0.05) is 0 Å². The van der Waals surface area contributed by atoms with E-state index < -0.39 is 36.3 Å². The van der Waals surface area contributed by atoms with Crippen LogP contribution in [-0.4, -0.2) is 36.6 Å². The van der Waals surface area contributed by atoms with Crippen molar-refractivity contribution in [3.63, 3.8) is 0 Å². The number of nitrogens with two attached hydrogens (primary N) is 2. The average Bonchev–Trinajstić information content (AvgIpc) is 2.16. The first kappa shape index (κ1) is 13.4. The van der Waals surface area contributed by atoms with E-state index in [1.807, 2.05) is 0 Å². The minimum Gasteiger partial charge on any atom is -0.392 e. The van der Waals surface area contributed by atoms with Crippen molar-refractivity contribution in [1.29, 1.82) is 0 Å². The van der Waals surface area contributed by atoms with Gasteiger partial charge in [0.2, 0.25) is 0 Å². The molecule has 0 aliphatic heterocycles. The molecule has 0 aliphatic rings. The predicted octanol–water partition coefficient (Wildman–Crippen LogP) is -2.11. The molecule has 4 N–H and O–H groups in total. The van der Waals surface area contributed by atoms with Crippen molar-refractivity contribution in [3.05, 3.63) is 0 Å². The molecule has 84 valence electrons. The van der Waals surface area contributed by atoms with Crippen LogP contribution in [0.3, 0.4) is 0 Å². The van der Waals surface area contributed by atoms with E-state index in [9.17, 15) is 19.2 Å².